The van der Waals surface area contributed by atoms with Crippen molar-refractivity contribution in [2.24, 2.45) is 0 Å². The Kier molecular flexibility index (Phi) is 3.11. The predicted molar refractivity (Wildman–Crippen MR) is 44.0 cm³/mol. The standard InChI is InChI=1S/C8H5F5N2O/c9-7(10)6-3(2-16)4(14)1-5(15-6)8(11,12)13/h1-2,7H,(H2,14,15). The van der Waals surface area contributed by atoms with E-state index < -0.39 is 35.2 Å². The Balaban J connectivity index is 3.46. The summed E-state index contributed by atoms with van der Waals surface area (Å²) in [5, 5.41) is 0. The minimum atomic E-state index is -4.89. The number of hydrogen-bond acceptors (Lipinski definition) is 3. The first kappa shape index (κ1) is 12.3. The maximum atomic E-state index is 12.3. The minimum Gasteiger partial charge on any atom is -0.398 e. The van der Waals surface area contributed by atoms with Gasteiger partial charge in [0.2, 0.25) is 0 Å². The van der Waals surface area contributed by atoms with Crippen LogP contribution < -0.4 is 5.73 Å². The lowest BCUT2D eigenvalue weighted by atomic mass is 10.1. The van der Waals surface area contributed by atoms with Crippen molar-refractivity contribution in [3.63, 3.8) is 0 Å². The number of carbonyl (C=O) groups is 1. The lowest BCUT2D eigenvalue weighted by Gasteiger charge is -2.11. The molecule has 0 spiro atoms. The molecule has 0 atom stereocenters. The van der Waals surface area contributed by atoms with Crippen LogP contribution in [0.3, 0.4) is 0 Å². The predicted octanol–water partition coefficient (Wildman–Crippen LogP) is 2.43. The van der Waals surface area contributed by atoms with Crippen LogP contribution in [0.15, 0.2) is 6.07 Å². The second-order valence-electron chi connectivity index (χ2n) is 2.81. The van der Waals surface area contributed by atoms with Crippen LogP contribution in [0.4, 0.5) is 27.6 Å². The van der Waals surface area contributed by atoms with Gasteiger partial charge < -0.3 is 5.73 Å². The summed E-state index contributed by atoms with van der Waals surface area (Å²) in [6.45, 7) is 0. The van der Waals surface area contributed by atoms with E-state index in [0.29, 0.717) is 6.07 Å². The van der Waals surface area contributed by atoms with E-state index in [0.717, 1.165) is 0 Å². The van der Waals surface area contributed by atoms with Crippen molar-refractivity contribution in [1.82, 2.24) is 4.98 Å². The van der Waals surface area contributed by atoms with Crippen LogP contribution in [0.2, 0.25) is 0 Å². The molecule has 0 radical (unpaired) electrons. The number of carbonyl (C=O) groups excluding carboxylic acids is 1. The van der Waals surface area contributed by atoms with E-state index in [-0.39, 0.29) is 6.29 Å². The average Bonchev–Trinajstić information content (AvgIpc) is 2.14. The van der Waals surface area contributed by atoms with E-state index in [4.69, 9.17) is 5.73 Å². The fourth-order valence-electron chi connectivity index (χ4n) is 1.04. The van der Waals surface area contributed by atoms with Gasteiger partial charge >= 0.3 is 6.18 Å². The number of rotatable bonds is 2. The highest BCUT2D eigenvalue weighted by molar-refractivity contribution is 5.84. The van der Waals surface area contributed by atoms with E-state index in [1.807, 2.05) is 0 Å². The number of nitrogen functional groups attached to an aromatic ring is 1. The van der Waals surface area contributed by atoms with Crippen molar-refractivity contribution in [3.8, 4) is 0 Å². The number of halogens is 5. The zero-order chi connectivity index (χ0) is 12.5. The largest absolute Gasteiger partial charge is 0.433 e. The lowest BCUT2D eigenvalue weighted by molar-refractivity contribution is -0.141. The van der Waals surface area contributed by atoms with Crippen LogP contribution in [0.25, 0.3) is 0 Å². The quantitative estimate of drug-likeness (QED) is 0.638. The highest BCUT2D eigenvalue weighted by Gasteiger charge is 2.35. The molecule has 2 N–H and O–H groups in total. The molecule has 0 aliphatic rings. The molecule has 0 aromatic carbocycles. The molecular formula is C8H5F5N2O. The molecule has 3 nitrogen and oxygen atoms in total. The van der Waals surface area contributed by atoms with E-state index in [1.165, 1.54) is 0 Å². The van der Waals surface area contributed by atoms with Crippen LogP contribution in [0, 0.1) is 0 Å². The summed E-state index contributed by atoms with van der Waals surface area (Å²) in [7, 11) is 0. The van der Waals surface area contributed by atoms with Crippen molar-refractivity contribution in [3.05, 3.63) is 23.0 Å². The first-order valence-corrected chi connectivity index (χ1v) is 3.88. The summed E-state index contributed by atoms with van der Waals surface area (Å²) in [5.74, 6) is 0. The molecule has 8 heteroatoms. The smallest absolute Gasteiger partial charge is 0.398 e. The molecule has 1 aromatic rings. The van der Waals surface area contributed by atoms with E-state index in [9.17, 15) is 26.7 Å². The van der Waals surface area contributed by atoms with Crippen molar-refractivity contribution in [2.45, 2.75) is 12.6 Å². The lowest BCUT2D eigenvalue weighted by Crippen LogP contribution is -2.13. The molecule has 0 saturated heterocycles. The van der Waals surface area contributed by atoms with E-state index in [2.05, 4.69) is 4.98 Å². The number of pyridine rings is 1. The van der Waals surface area contributed by atoms with Crippen molar-refractivity contribution < 1.29 is 26.7 Å². The highest BCUT2D eigenvalue weighted by atomic mass is 19.4. The maximum absolute atomic E-state index is 12.3. The third-order valence-electron chi connectivity index (χ3n) is 1.74. The van der Waals surface area contributed by atoms with Crippen LogP contribution in [0.1, 0.15) is 28.2 Å². The third kappa shape index (κ3) is 2.26. The fourth-order valence-corrected chi connectivity index (χ4v) is 1.04. The fraction of sp³-hybridized carbons (Fsp3) is 0.250. The summed E-state index contributed by atoms with van der Waals surface area (Å²) < 4.78 is 61.2. The number of alkyl halides is 5. The molecule has 1 rings (SSSR count). The molecular weight excluding hydrogens is 235 g/mol. The van der Waals surface area contributed by atoms with E-state index >= 15 is 0 Å². The Bertz CT molecular complexity index is 416. The van der Waals surface area contributed by atoms with Crippen LogP contribution in [-0.2, 0) is 6.18 Å². The Morgan fingerprint density at radius 3 is 2.31 bits per heavy atom. The summed E-state index contributed by atoms with van der Waals surface area (Å²) in [5.41, 5.74) is 0.858. The first-order chi connectivity index (χ1) is 7.27. The first-order valence-electron chi connectivity index (χ1n) is 3.88. The molecule has 0 saturated carbocycles. The minimum absolute atomic E-state index is 0.0516. The third-order valence-corrected chi connectivity index (χ3v) is 1.74. The number of aromatic nitrogens is 1. The zero-order valence-electron chi connectivity index (χ0n) is 7.55. The Morgan fingerprint density at radius 1 is 1.38 bits per heavy atom. The number of nitrogens with two attached hydrogens (primary N) is 1. The van der Waals surface area contributed by atoms with Gasteiger partial charge in [-0.3, -0.25) is 4.79 Å². The van der Waals surface area contributed by atoms with Gasteiger partial charge in [0.05, 0.1) is 5.56 Å². The molecule has 0 fully saturated rings. The molecule has 0 bridgehead atoms. The van der Waals surface area contributed by atoms with Crippen LogP contribution >= 0.6 is 0 Å². The number of hydrogen-bond donors (Lipinski definition) is 1. The maximum Gasteiger partial charge on any atom is 0.433 e. The molecule has 0 amide bonds. The van der Waals surface area contributed by atoms with Gasteiger partial charge in [-0.1, -0.05) is 0 Å². The summed E-state index contributed by atoms with van der Waals surface area (Å²) in [4.78, 5) is 13.1. The molecule has 0 unspecified atom stereocenters. The molecule has 0 aliphatic carbocycles. The monoisotopic (exact) mass is 240 g/mol. The van der Waals surface area contributed by atoms with Crippen molar-refractivity contribution in [2.75, 3.05) is 5.73 Å². The molecule has 0 aliphatic heterocycles. The Labute approximate surface area is 86.1 Å². The Hall–Kier alpha value is -1.73. The van der Waals surface area contributed by atoms with Gasteiger partial charge in [0, 0.05) is 5.69 Å². The summed E-state index contributed by atoms with van der Waals surface area (Å²) >= 11 is 0. The zero-order valence-corrected chi connectivity index (χ0v) is 7.55. The summed E-state index contributed by atoms with van der Waals surface area (Å²) in [6.07, 6.45) is -8.24. The normalized spacial score (nSPS) is 11.9. The van der Waals surface area contributed by atoms with Crippen molar-refractivity contribution >= 4 is 12.0 Å². The second-order valence-corrected chi connectivity index (χ2v) is 2.81. The van der Waals surface area contributed by atoms with Gasteiger partial charge in [-0.05, 0) is 6.07 Å². The van der Waals surface area contributed by atoms with Gasteiger partial charge in [-0.25, -0.2) is 13.8 Å². The van der Waals surface area contributed by atoms with Gasteiger partial charge in [0.15, 0.2) is 6.29 Å². The number of anilines is 1. The van der Waals surface area contributed by atoms with E-state index in [1.54, 1.807) is 0 Å². The topological polar surface area (TPSA) is 56.0 Å². The highest BCUT2D eigenvalue weighted by Crippen LogP contribution is 2.32. The molecule has 88 valence electrons. The average molecular weight is 240 g/mol. The van der Waals surface area contributed by atoms with Crippen LogP contribution in [-0.4, -0.2) is 11.3 Å². The molecule has 1 heterocycles. The van der Waals surface area contributed by atoms with Gasteiger partial charge in [-0.15, -0.1) is 0 Å². The van der Waals surface area contributed by atoms with Gasteiger partial charge in [-0.2, -0.15) is 13.2 Å². The Morgan fingerprint density at radius 2 is 1.94 bits per heavy atom. The SMILES string of the molecule is Nc1cc(C(F)(F)F)nc(C(F)F)c1C=O. The van der Waals surface area contributed by atoms with Gasteiger partial charge in [0.25, 0.3) is 6.43 Å². The summed E-state index contributed by atoms with van der Waals surface area (Å²) in [6, 6.07) is 0.343. The second kappa shape index (κ2) is 4.03. The molecule has 16 heavy (non-hydrogen) atoms. The van der Waals surface area contributed by atoms with Crippen LogP contribution in [0.5, 0.6) is 0 Å². The van der Waals surface area contributed by atoms with Gasteiger partial charge in [0.1, 0.15) is 11.4 Å². The number of aldehydes is 1. The number of nitrogens with zero attached hydrogens (tertiary/aromatic N) is 1. The molecule has 1 aromatic heterocycles. The van der Waals surface area contributed by atoms with Crippen molar-refractivity contribution in [1.29, 1.82) is 0 Å².